The minimum atomic E-state index is 0.0858. The molecule has 1 fully saturated rings. The van der Waals surface area contributed by atoms with Gasteiger partial charge in [0.1, 0.15) is 11.4 Å². The van der Waals surface area contributed by atoms with Crippen molar-refractivity contribution in [2.75, 3.05) is 13.1 Å². The van der Waals surface area contributed by atoms with Crippen LogP contribution in [0.5, 0.6) is 5.75 Å². The van der Waals surface area contributed by atoms with Crippen LogP contribution in [0.15, 0.2) is 10.5 Å². The highest BCUT2D eigenvalue weighted by Crippen LogP contribution is 2.44. The first-order valence-corrected chi connectivity index (χ1v) is 7.59. The summed E-state index contributed by atoms with van der Waals surface area (Å²) in [6.45, 7) is 6.50. The van der Waals surface area contributed by atoms with Gasteiger partial charge in [-0.05, 0) is 85.2 Å². The van der Waals surface area contributed by atoms with Gasteiger partial charge in [-0.1, -0.05) is 6.07 Å². The Kier molecular flexibility index (Phi) is 3.15. The fraction of sp³-hybridized carbons (Fsp3) is 0.600. The second-order valence-electron chi connectivity index (χ2n) is 5.66. The van der Waals surface area contributed by atoms with E-state index in [0.29, 0.717) is 0 Å². The zero-order valence-electron chi connectivity index (χ0n) is 11.1. The molecule has 3 rings (SSSR count). The molecular weight excluding hydrogens is 290 g/mol. The number of hydrogen-bond acceptors (Lipinski definition) is 2. The molecule has 98 valence electrons. The summed E-state index contributed by atoms with van der Waals surface area (Å²) in [7, 11) is 0. The third-order valence-electron chi connectivity index (χ3n) is 4.49. The van der Waals surface area contributed by atoms with Gasteiger partial charge in [0.25, 0.3) is 0 Å². The largest absolute Gasteiger partial charge is 0.486 e. The molecule has 0 amide bonds. The van der Waals surface area contributed by atoms with Gasteiger partial charge >= 0.3 is 0 Å². The van der Waals surface area contributed by atoms with Gasteiger partial charge in [-0.15, -0.1) is 0 Å². The first-order chi connectivity index (χ1) is 8.61. The molecule has 1 aromatic rings. The predicted molar refractivity (Wildman–Crippen MR) is 77.4 cm³/mol. The summed E-state index contributed by atoms with van der Waals surface area (Å²) in [5.74, 6) is 1.10. The van der Waals surface area contributed by atoms with Crippen LogP contribution in [0.3, 0.4) is 0 Å². The van der Waals surface area contributed by atoms with Crippen LogP contribution in [-0.2, 0) is 6.42 Å². The van der Waals surface area contributed by atoms with E-state index in [1.807, 2.05) is 0 Å². The number of fused-ring (bicyclic) bond motifs is 1. The zero-order valence-corrected chi connectivity index (χ0v) is 12.7. The van der Waals surface area contributed by atoms with Crippen molar-refractivity contribution in [1.29, 1.82) is 0 Å². The summed E-state index contributed by atoms with van der Waals surface area (Å²) >= 11 is 3.73. The summed E-state index contributed by atoms with van der Waals surface area (Å²) in [6, 6.07) is 2.30. The first-order valence-electron chi connectivity index (χ1n) is 6.80. The predicted octanol–water partition coefficient (Wildman–Crippen LogP) is 3.51. The summed E-state index contributed by atoms with van der Waals surface area (Å²) in [6.07, 6.45) is 4.57. The molecule has 1 aromatic carbocycles. The van der Waals surface area contributed by atoms with Crippen LogP contribution in [0.4, 0.5) is 0 Å². The molecule has 1 saturated heterocycles. The minimum Gasteiger partial charge on any atom is -0.486 e. The lowest BCUT2D eigenvalue weighted by molar-refractivity contribution is 0.0161. The van der Waals surface area contributed by atoms with Crippen LogP contribution < -0.4 is 10.1 Å². The molecule has 18 heavy (non-hydrogen) atoms. The second-order valence-corrected chi connectivity index (χ2v) is 6.45. The number of piperidine rings is 1. The van der Waals surface area contributed by atoms with Crippen molar-refractivity contribution in [3.05, 3.63) is 27.2 Å². The Balaban J connectivity index is 1.99. The summed E-state index contributed by atoms with van der Waals surface area (Å²) in [4.78, 5) is 0. The number of halogens is 1. The Morgan fingerprint density at radius 2 is 1.94 bits per heavy atom. The van der Waals surface area contributed by atoms with Gasteiger partial charge in [0, 0.05) is 0 Å². The van der Waals surface area contributed by atoms with Crippen LogP contribution in [0.2, 0.25) is 0 Å². The SMILES string of the molecule is Cc1cc2c(c(Br)c1C)OC1(CCNCC1)CC2. The third-order valence-corrected chi connectivity index (χ3v) is 5.44. The van der Waals surface area contributed by atoms with E-state index in [1.165, 1.54) is 16.7 Å². The molecule has 0 saturated carbocycles. The number of aryl methyl sites for hydroxylation is 2. The van der Waals surface area contributed by atoms with Gasteiger partial charge in [-0.3, -0.25) is 0 Å². The zero-order chi connectivity index (χ0) is 12.8. The molecular formula is C15H20BrNO. The Hall–Kier alpha value is -0.540. The van der Waals surface area contributed by atoms with Crippen LogP contribution in [0.1, 0.15) is 36.0 Å². The Labute approximate surface area is 117 Å². The van der Waals surface area contributed by atoms with E-state index in [9.17, 15) is 0 Å². The van der Waals surface area contributed by atoms with E-state index >= 15 is 0 Å². The van der Waals surface area contributed by atoms with Gasteiger partial charge in [0.15, 0.2) is 0 Å². The fourth-order valence-electron chi connectivity index (χ4n) is 3.08. The van der Waals surface area contributed by atoms with E-state index in [1.54, 1.807) is 0 Å². The molecule has 1 N–H and O–H groups in total. The molecule has 0 unspecified atom stereocenters. The second kappa shape index (κ2) is 4.53. The van der Waals surface area contributed by atoms with Crippen LogP contribution in [-0.4, -0.2) is 18.7 Å². The Bertz CT molecular complexity index is 478. The summed E-state index contributed by atoms with van der Waals surface area (Å²) in [5, 5.41) is 3.42. The number of hydrogen-bond donors (Lipinski definition) is 1. The van der Waals surface area contributed by atoms with Crippen molar-refractivity contribution >= 4 is 15.9 Å². The van der Waals surface area contributed by atoms with E-state index in [2.05, 4.69) is 41.2 Å². The monoisotopic (exact) mass is 309 g/mol. The van der Waals surface area contributed by atoms with Crippen LogP contribution in [0, 0.1) is 13.8 Å². The molecule has 2 nitrogen and oxygen atoms in total. The van der Waals surface area contributed by atoms with Gasteiger partial charge in [0.05, 0.1) is 4.47 Å². The van der Waals surface area contributed by atoms with Crippen molar-refractivity contribution < 1.29 is 4.74 Å². The molecule has 1 spiro atoms. The molecule has 0 aromatic heterocycles. The average Bonchev–Trinajstić information content (AvgIpc) is 2.39. The Morgan fingerprint density at radius 1 is 1.22 bits per heavy atom. The first kappa shape index (κ1) is 12.5. The average molecular weight is 310 g/mol. The van der Waals surface area contributed by atoms with E-state index in [4.69, 9.17) is 4.74 Å². The van der Waals surface area contributed by atoms with Crippen molar-refractivity contribution in [1.82, 2.24) is 5.32 Å². The lowest BCUT2D eigenvalue weighted by Crippen LogP contribution is -2.48. The lowest BCUT2D eigenvalue weighted by Gasteiger charge is -2.42. The standard InChI is InChI=1S/C15H20BrNO/c1-10-9-12-3-4-15(5-7-17-8-6-15)18-14(12)13(16)11(10)2/h9,17H,3-8H2,1-2H3. The molecule has 2 heterocycles. The van der Waals surface area contributed by atoms with Gasteiger partial charge < -0.3 is 10.1 Å². The van der Waals surface area contributed by atoms with Gasteiger partial charge in [0.2, 0.25) is 0 Å². The Morgan fingerprint density at radius 3 is 2.67 bits per heavy atom. The highest BCUT2D eigenvalue weighted by atomic mass is 79.9. The van der Waals surface area contributed by atoms with Crippen molar-refractivity contribution in [3.63, 3.8) is 0 Å². The lowest BCUT2D eigenvalue weighted by atomic mass is 9.83. The molecule has 0 bridgehead atoms. The van der Waals surface area contributed by atoms with E-state index in [-0.39, 0.29) is 5.60 Å². The quantitative estimate of drug-likeness (QED) is 0.792. The van der Waals surface area contributed by atoms with Crippen LogP contribution in [0.25, 0.3) is 0 Å². The molecule has 0 radical (unpaired) electrons. The molecule has 0 aliphatic carbocycles. The molecule has 0 atom stereocenters. The van der Waals surface area contributed by atoms with Gasteiger partial charge in [-0.25, -0.2) is 0 Å². The molecule has 2 aliphatic rings. The highest BCUT2D eigenvalue weighted by molar-refractivity contribution is 9.10. The third kappa shape index (κ3) is 1.97. The van der Waals surface area contributed by atoms with Crippen molar-refractivity contribution in [2.24, 2.45) is 0 Å². The number of rotatable bonds is 0. The van der Waals surface area contributed by atoms with Crippen molar-refractivity contribution in [2.45, 2.75) is 45.1 Å². The maximum absolute atomic E-state index is 6.44. The normalized spacial score (nSPS) is 21.5. The minimum absolute atomic E-state index is 0.0858. The fourth-order valence-corrected chi connectivity index (χ4v) is 3.73. The number of benzene rings is 1. The topological polar surface area (TPSA) is 21.3 Å². The summed E-state index contributed by atoms with van der Waals surface area (Å²) in [5.41, 5.74) is 4.11. The van der Waals surface area contributed by atoms with E-state index in [0.717, 1.165) is 49.0 Å². The number of ether oxygens (including phenoxy) is 1. The maximum Gasteiger partial charge on any atom is 0.137 e. The van der Waals surface area contributed by atoms with Crippen molar-refractivity contribution in [3.8, 4) is 5.75 Å². The number of nitrogens with one attached hydrogen (secondary N) is 1. The molecule has 3 heteroatoms. The van der Waals surface area contributed by atoms with Gasteiger partial charge in [-0.2, -0.15) is 0 Å². The maximum atomic E-state index is 6.44. The van der Waals surface area contributed by atoms with E-state index < -0.39 is 0 Å². The smallest absolute Gasteiger partial charge is 0.137 e. The highest BCUT2D eigenvalue weighted by Gasteiger charge is 2.38. The summed E-state index contributed by atoms with van der Waals surface area (Å²) < 4.78 is 7.60. The van der Waals surface area contributed by atoms with Crippen LogP contribution >= 0.6 is 15.9 Å². The molecule has 2 aliphatic heterocycles.